The van der Waals surface area contributed by atoms with Crippen molar-refractivity contribution < 1.29 is 18.7 Å². The summed E-state index contributed by atoms with van der Waals surface area (Å²) in [4.78, 5) is 23.9. The van der Waals surface area contributed by atoms with Gasteiger partial charge in [-0.15, -0.1) is 0 Å². The van der Waals surface area contributed by atoms with E-state index >= 15 is 0 Å². The summed E-state index contributed by atoms with van der Waals surface area (Å²) < 4.78 is 26.8. The van der Waals surface area contributed by atoms with Gasteiger partial charge in [0.15, 0.2) is 5.82 Å². The number of ether oxygens (including phenoxy) is 2. The number of nitrogens with one attached hydrogen (secondary N) is 2. The van der Waals surface area contributed by atoms with Gasteiger partial charge in [-0.05, 0) is 62.7 Å². The maximum Gasteiger partial charge on any atom is 0.266 e. The van der Waals surface area contributed by atoms with Crippen molar-refractivity contribution in [1.82, 2.24) is 19.3 Å². The lowest BCUT2D eigenvalue weighted by Crippen LogP contribution is -2.49. The molecule has 0 unspecified atom stereocenters. The lowest BCUT2D eigenvalue weighted by Gasteiger charge is -2.39. The fourth-order valence-corrected chi connectivity index (χ4v) is 4.65. The molecule has 1 aliphatic rings. The largest absolute Gasteiger partial charge is 0.439 e. The summed E-state index contributed by atoms with van der Waals surface area (Å²) in [5.41, 5.74) is 2.12. The minimum absolute atomic E-state index is 0.0246. The van der Waals surface area contributed by atoms with Crippen LogP contribution in [0.3, 0.4) is 0 Å². The quantitative estimate of drug-likeness (QED) is 0.225. The zero-order valence-corrected chi connectivity index (χ0v) is 23.0. The number of rotatable bonds is 8. The molecular weight excluding hydrogens is 525 g/mol. The van der Waals surface area contributed by atoms with Gasteiger partial charge >= 0.3 is 0 Å². The molecule has 1 saturated heterocycles. The first kappa shape index (κ1) is 27.8. The highest BCUT2D eigenvalue weighted by atomic mass is 19.1. The number of amides is 1. The Labute approximate surface area is 237 Å². The number of imidazole rings is 1. The van der Waals surface area contributed by atoms with E-state index in [4.69, 9.17) is 9.47 Å². The predicted octanol–water partition coefficient (Wildman–Crippen LogP) is 5.21. The molecule has 0 aliphatic carbocycles. The van der Waals surface area contributed by atoms with Crippen LogP contribution in [0.15, 0.2) is 72.8 Å². The van der Waals surface area contributed by atoms with Crippen LogP contribution in [0.4, 0.5) is 21.6 Å². The Bertz CT molecular complexity index is 1650. The summed E-state index contributed by atoms with van der Waals surface area (Å²) in [6.07, 6.45) is 6.48. The zero-order chi connectivity index (χ0) is 29.0. The van der Waals surface area contributed by atoms with Gasteiger partial charge in [-0.2, -0.15) is 5.26 Å². The Balaban J connectivity index is 1.32. The van der Waals surface area contributed by atoms with E-state index in [1.54, 1.807) is 59.5 Å². The molecule has 1 aliphatic heterocycles. The van der Waals surface area contributed by atoms with Crippen molar-refractivity contribution in [3.05, 3.63) is 84.2 Å². The van der Waals surface area contributed by atoms with Crippen LogP contribution in [0.2, 0.25) is 0 Å². The highest BCUT2D eigenvalue weighted by Gasteiger charge is 2.28. The monoisotopic (exact) mass is 555 g/mol. The molecule has 0 spiro atoms. The minimum Gasteiger partial charge on any atom is -0.439 e. The molecule has 3 heterocycles. The molecule has 1 amide bonds. The van der Waals surface area contributed by atoms with Gasteiger partial charge in [0.25, 0.3) is 5.91 Å². The molecule has 0 saturated carbocycles. The second-order valence-electron chi connectivity index (χ2n) is 10.2. The van der Waals surface area contributed by atoms with Crippen molar-refractivity contribution in [3.63, 3.8) is 0 Å². The number of nitriles is 1. The smallest absolute Gasteiger partial charge is 0.266 e. The van der Waals surface area contributed by atoms with Crippen LogP contribution in [0.1, 0.15) is 19.4 Å². The number of morpholine rings is 1. The van der Waals surface area contributed by atoms with Gasteiger partial charge in [0.2, 0.25) is 5.88 Å². The van der Waals surface area contributed by atoms with E-state index in [0.29, 0.717) is 41.9 Å². The number of nitrogens with zero attached hydrogens (tertiary/aromatic N) is 5. The Hall–Kier alpha value is -4.79. The van der Waals surface area contributed by atoms with Crippen LogP contribution >= 0.6 is 0 Å². The number of aromatic nitrogens is 3. The van der Waals surface area contributed by atoms with Gasteiger partial charge < -0.3 is 20.1 Å². The van der Waals surface area contributed by atoms with Gasteiger partial charge in [0.05, 0.1) is 25.6 Å². The lowest BCUT2D eigenvalue weighted by atomic mass is 9.98. The molecule has 41 heavy (non-hydrogen) atoms. The number of carbonyl (C=O) groups is 1. The van der Waals surface area contributed by atoms with Crippen LogP contribution in [0, 0.1) is 24.1 Å². The Kier molecular flexibility index (Phi) is 7.96. The van der Waals surface area contributed by atoms with E-state index < -0.39 is 11.4 Å². The van der Waals surface area contributed by atoms with E-state index in [9.17, 15) is 14.4 Å². The maximum absolute atomic E-state index is 13.5. The van der Waals surface area contributed by atoms with Crippen molar-refractivity contribution >= 4 is 28.6 Å². The fourth-order valence-electron chi connectivity index (χ4n) is 4.65. The number of halogens is 1. The summed E-state index contributed by atoms with van der Waals surface area (Å²) in [5, 5.41) is 15.7. The first-order valence-corrected chi connectivity index (χ1v) is 13.1. The molecule has 0 bridgehead atoms. The van der Waals surface area contributed by atoms with Gasteiger partial charge in [0, 0.05) is 36.1 Å². The number of anilines is 3. The second-order valence-corrected chi connectivity index (χ2v) is 10.2. The van der Waals surface area contributed by atoms with Crippen molar-refractivity contribution in [2.24, 2.45) is 0 Å². The lowest BCUT2D eigenvalue weighted by molar-refractivity contribution is -0.112. The third-order valence-corrected chi connectivity index (χ3v) is 6.87. The first-order chi connectivity index (χ1) is 19.7. The van der Waals surface area contributed by atoms with Crippen LogP contribution in [-0.2, 0) is 9.53 Å². The molecule has 11 heteroatoms. The van der Waals surface area contributed by atoms with Gasteiger partial charge in [0.1, 0.15) is 35.1 Å². The van der Waals surface area contributed by atoms with Crippen molar-refractivity contribution in [2.45, 2.75) is 26.3 Å². The molecular formula is C30H30FN7O3. The van der Waals surface area contributed by atoms with Gasteiger partial charge in [-0.25, -0.2) is 14.4 Å². The predicted molar refractivity (Wildman–Crippen MR) is 153 cm³/mol. The number of benzene rings is 2. The van der Waals surface area contributed by atoms with Gasteiger partial charge in [-0.1, -0.05) is 6.07 Å². The molecule has 1 fully saturated rings. The third-order valence-electron chi connectivity index (χ3n) is 6.87. The molecule has 2 N–H and O–H groups in total. The Morgan fingerprint density at radius 2 is 2.00 bits per heavy atom. The molecule has 210 valence electrons. The van der Waals surface area contributed by atoms with E-state index in [1.807, 2.05) is 26.8 Å². The van der Waals surface area contributed by atoms with Gasteiger partial charge in [-0.3, -0.25) is 14.1 Å². The normalized spacial score (nSPS) is 14.5. The third kappa shape index (κ3) is 6.35. The van der Waals surface area contributed by atoms with E-state index in [2.05, 4.69) is 25.5 Å². The maximum atomic E-state index is 13.5. The van der Waals surface area contributed by atoms with Crippen LogP contribution in [0.5, 0.6) is 11.6 Å². The molecule has 0 radical (unpaired) electrons. The van der Waals surface area contributed by atoms with E-state index in [0.717, 1.165) is 24.3 Å². The molecule has 5 rings (SSSR count). The highest BCUT2D eigenvalue weighted by molar-refractivity contribution is 6.06. The number of hydrogen-bond donors (Lipinski definition) is 2. The average Bonchev–Trinajstić information content (AvgIpc) is 3.46. The fraction of sp³-hybridized carbons (Fsp3) is 0.267. The average molecular weight is 556 g/mol. The standard InChI is InChI=1S/C30H30FN7O3/c1-20-13-22(31)7-8-25(20)36-28-26-17-33-19-38(26)27(18-34-28)41-24-6-4-5-23(14-24)35-29(39)21(16-32)15-30(2,3)37-9-11-40-12-10-37/h4-8,13-15,17-19H,9-12H2,1-3H3,(H,34,36)(H,35,39)/b21-15+. The minimum atomic E-state index is -0.504. The molecule has 2 aromatic heterocycles. The SMILES string of the molecule is Cc1cc(F)ccc1Nc1ncc(Oc2cccc(NC(=O)/C(C#N)=C/C(C)(C)N3CCOCC3)c2)n2cncc12. The molecule has 0 atom stereocenters. The van der Waals surface area contributed by atoms with Crippen molar-refractivity contribution in [2.75, 3.05) is 36.9 Å². The van der Waals surface area contributed by atoms with Crippen LogP contribution < -0.4 is 15.4 Å². The van der Waals surface area contributed by atoms with E-state index in [-0.39, 0.29) is 11.4 Å². The zero-order valence-electron chi connectivity index (χ0n) is 23.0. The van der Waals surface area contributed by atoms with Crippen molar-refractivity contribution in [1.29, 1.82) is 5.26 Å². The summed E-state index contributed by atoms with van der Waals surface area (Å²) in [6, 6.07) is 13.4. The summed E-state index contributed by atoms with van der Waals surface area (Å²) in [5.74, 6) is 0.560. The number of carbonyl (C=O) groups excluding carboxylic acids is 1. The number of hydrogen-bond acceptors (Lipinski definition) is 8. The van der Waals surface area contributed by atoms with Crippen LogP contribution in [0.25, 0.3) is 5.52 Å². The van der Waals surface area contributed by atoms with Crippen molar-refractivity contribution in [3.8, 4) is 17.7 Å². The topological polar surface area (TPSA) is 117 Å². The number of aryl methyl sites for hydroxylation is 1. The molecule has 4 aromatic rings. The highest BCUT2D eigenvalue weighted by Crippen LogP contribution is 2.29. The Morgan fingerprint density at radius 1 is 1.20 bits per heavy atom. The Morgan fingerprint density at radius 3 is 2.76 bits per heavy atom. The summed E-state index contributed by atoms with van der Waals surface area (Å²) in [7, 11) is 0. The van der Waals surface area contributed by atoms with E-state index in [1.165, 1.54) is 12.1 Å². The summed E-state index contributed by atoms with van der Waals surface area (Å²) in [6.45, 7) is 8.45. The number of fused-ring (bicyclic) bond motifs is 1. The molecule has 2 aromatic carbocycles. The first-order valence-electron chi connectivity index (χ1n) is 13.1. The second kappa shape index (κ2) is 11.8. The summed E-state index contributed by atoms with van der Waals surface area (Å²) >= 11 is 0. The molecule has 10 nitrogen and oxygen atoms in total. The van der Waals surface area contributed by atoms with Crippen LogP contribution in [-0.4, -0.2) is 57.0 Å².